The summed E-state index contributed by atoms with van der Waals surface area (Å²) in [7, 11) is 0. The number of benzene rings is 1. The van der Waals surface area contributed by atoms with Crippen LogP contribution >= 0.6 is 0 Å². The summed E-state index contributed by atoms with van der Waals surface area (Å²) >= 11 is 0. The smallest absolute Gasteiger partial charge is 0.262 e. The molecule has 1 aromatic carbocycles. The third-order valence-electron chi connectivity index (χ3n) is 3.68. The number of rotatable bonds is 1. The lowest BCUT2D eigenvalue weighted by Gasteiger charge is -2.32. The second-order valence-corrected chi connectivity index (χ2v) is 5.06. The van der Waals surface area contributed by atoms with Crippen LogP contribution in [0.5, 0.6) is 0 Å². The molecule has 2 aliphatic rings. The van der Waals surface area contributed by atoms with Crippen LogP contribution < -0.4 is 5.32 Å². The van der Waals surface area contributed by atoms with Crippen molar-refractivity contribution in [2.75, 3.05) is 0 Å². The molecule has 2 heterocycles. The van der Waals surface area contributed by atoms with Crippen molar-refractivity contribution in [2.45, 2.75) is 19.4 Å². The molecule has 102 valence electrons. The molecule has 0 aliphatic carbocycles. The van der Waals surface area contributed by atoms with Crippen LogP contribution in [0.2, 0.25) is 0 Å². The number of hydrogen-bond donors (Lipinski definition) is 1. The Labute approximate surface area is 114 Å². The quantitative estimate of drug-likeness (QED) is 0.747. The zero-order valence-electron chi connectivity index (χ0n) is 10.8. The third kappa shape index (κ3) is 1.65. The standard InChI is InChI=1S/C14H12N2O4/c1-7-6-10(17)15-12(18)11(7)16-13(19)8-4-2-3-5-9(8)14(16)20/h2-5,7,11H,6H2,1H3,(H,15,17,18)/t7-,11-/m1/s1. The molecular weight excluding hydrogens is 260 g/mol. The number of nitrogens with zero attached hydrogens (tertiary/aromatic N) is 1. The first-order valence-corrected chi connectivity index (χ1v) is 6.31. The summed E-state index contributed by atoms with van der Waals surface area (Å²) in [6, 6.07) is 5.53. The number of fused-ring (bicyclic) bond motifs is 1. The Morgan fingerprint density at radius 3 is 2.10 bits per heavy atom. The molecule has 20 heavy (non-hydrogen) atoms. The van der Waals surface area contributed by atoms with Gasteiger partial charge in [0.15, 0.2) is 0 Å². The number of carbonyl (C=O) groups is 4. The molecule has 2 aliphatic heterocycles. The van der Waals surface area contributed by atoms with Gasteiger partial charge < -0.3 is 0 Å². The highest BCUT2D eigenvalue weighted by Crippen LogP contribution is 2.29. The van der Waals surface area contributed by atoms with Gasteiger partial charge in [0, 0.05) is 6.42 Å². The zero-order valence-corrected chi connectivity index (χ0v) is 10.8. The average Bonchev–Trinajstić information content (AvgIpc) is 2.64. The summed E-state index contributed by atoms with van der Waals surface area (Å²) in [4.78, 5) is 48.9. The first-order valence-electron chi connectivity index (χ1n) is 6.31. The van der Waals surface area contributed by atoms with E-state index in [1.807, 2.05) is 0 Å². The molecule has 1 N–H and O–H groups in total. The maximum Gasteiger partial charge on any atom is 0.262 e. The van der Waals surface area contributed by atoms with Crippen LogP contribution in [0.15, 0.2) is 24.3 Å². The summed E-state index contributed by atoms with van der Waals surface area (Å²) in [5.41, 5.74) is 0.601. The second kappa shape index (κ2) is 4.26. The van der Waals surface area contributed by atoms with Gasteiger partial charge in [0.2, 0.25) is 11.8 Å². The van der Waals surface area contributed by atoms with E-state index in [1.54, 1.807) is 31.2 Å². The lowest BCUT2D eigenvalue weighted by atomic mass is 9.92. The Bertz CT molecular complexity index is 617. The number of carbonyl (C=O) groups excluding carboxylic acids is 4. The fraction of sp³-hybridized carbons (Fsp3) is 0.286. The molecule has 2 atom stereocenters. The molecule has 6 nitrogen and oxygen atoms in total. The molecule has 0 unspecified atom stereocenters. The molecule has 4 amide bonds. The number of imide groups is 2. The summed E-state index contributed by atoms with van der Waals surface area (Å²) in [5.74, 6) is -2.32. The van der Waals surface area contributed by atoms with Crippen LogP contribution in [-0.4, -0.2) is 34.6 Å². The monoisotopic (exact) mass is 272 g/mol. The normalized spacial score (nSPS) is 25.8. The topological polar surface area (TPSA) is 83.6 Å². The molecule has 0 saturated carbocycles. The van der Waals surface area contributed by atoms with Gasteiger partial charge in [0.25, 0.3) is 11.8 Å². The molecule has 1 fully saturated rings. The molecule has 3 rings (SSSR count). The highest BCUT2D eigenvalue weighted by Gasteiger charge is 2.47. The van der Waals surface area contributed by atoms with Crippen molar-refractivity contribution in [3.63, 3.8) is 0 Å². The minimum atomic E-state index is -0.930. The van der Waals surface area contributed by atoms with Crippen LogP contribution in [0.3, 0.4) is 0 Å². The van der Waals surface area contributed by atoms with Crippen molar-refractivity contribution in [2.24, 2.45) is 5.92 Å². The second-order valence-electron chi connectivity index (χ2n) is 5.06. The van der Waals surface area contributed by atoms with E-state index in [0.29, 0.717) is 11.1 Å². The van der Waals surface area contributed by atoms with Crippen LogP contribution in [-0.2, 0) is 9.59 Å². The van der Waals surface area contributed by atoms with E-state index in [-0.39, 0.29) is 12.3 Å². The Morgan fingerprint density at radius 2 is 1.60 bits per heavy atom. The van der Waals surface area contributed by atoms with Gasteiger partial charge in [0.1, 0.15) is 6.04 Å². The Morgan fingerprint density at radius 1 is 1.05 bits per heavy atom. The molecule has 0 bridgehead atoms. The van der Waals surface area contributed by atoms with Crippen molar-refractivity contribution in [1.82, 2.24) is 10.2 Å². The first kappa shape index (κ1) is 12.5. The van der Waals surface area contributed by atoms with Crippen LogP contribution in [0, 0.1) is 5.92 Å². The SMILES string of the molecule is C[C@@H]1CC(=O)NC(=O)[C@@H]1N1C(=O)c2ccccc2C1=O. The Kier molecular flexibility index (Phi) is 2.67. The minimum absolute atomic E-state index is 0.115. The van der Waals surface area contributed by atoms with Crippen LogP contribution in [0.1, 0.15) is 34.1 Å². The van der Waals surface area contributed by atoms with Gasteiger partial charge in [-0.05, 0) is 18.1 Å². The largest absolute Gasteiger partial charge is 0.295 e. The zero-order chi connectivity index (χ0) is 14.4. The van der Waals surface area contributed by atoms with Gasteiger partial charge in [-0.2, -0.15) is 0 Å². The minimum Gasteiger partial charge on any atom is -0.295 e. The van der Waals surface area contributed by atoms with E-state index in [1.165, 1.54) is 0 Å². The number of nitrogens with one attached hydrogen (secondary N) is 1. The fourth-order valence-electron chi connectivity index (χ4n) is 2.76. The van der Waals surface area contributed by atoms with Crippen molar-refractivity contribution in [3.8, 4) is 0 Å². The van der Waals surface area contributed by atoms with Gasteiger partial charge >= 0.3 is 0 Å². The maximum absolute atomic E-state index is 12.3. The fourth-order valence-corrected chi connectivity index (χ4v) is 2.76. The summed E-state index contributed by atoms with van der Waals surface area (Å²) in [6.07, 6.45) is 0.115. The van der Waals surface area contributed by atoms with E-state index in [4.69, 9.17) is 0 Å². The van der Waals surface area contributed by atoms with Gasteiger partial charge in [-0.25, -0.2) is 0 Å². The number of hydrogen-bond acceptors (Lipinski definition) is 4. The molecule has 0 radical (unpaired) electrons. The Hall–Kier alpha value is -2.50. The van der Waals surface area contributed by atoms with Crippen LogP contribution in [0.25, 0.3) is 0 Å². The highest BCUT2D eigenvalue weighted by molar-refractivity contribution is 6.23. The van der Waals surface area contributed by atoms with Gasteiger partial charge in [0.05, 0.1) is 11.1 Å². The van der Waals surface area contributed by atoms with Gasteiger partial charge in [-0.15, -0.1) is 0 Å². The van der Waals surface area contributed by atoms with Crippen molar-refractivity contribution in [3.05, 3.63) is 35.4 Å². The van der Waals surface area contributed by atoms with Gasteiger partial charge in [-0.3, -0.25) is 29.4 Å². The number of amides is 4. The van der Waals surface area contributed by atoms with Gasteiger partial charge in [-0.1, -0.05) is 19.1 Å². The summed E-state index contributed by atoms with van der Waals surface area (Å²) < 4.78 is 0. The molecular formula is C14H12N2O4. The van der Waals surface area contributed by atoms with E-state index in [0.717, 1.165) is 4.90 Å². The summed E-state index contributed by atoms with van der Waals surface area (Å²) in [5, 5.41) is 2.18. The van der Waals surface area contributed by atoms with Crippen LogP contribution in [0.4, 0.5) is 0 Å². The summed E-state index contributed by atoms with van der Waals surface area (Å²) in [6.45, 7) is 1.69. The van der Waals surface area contributed by atoms with E-state index in [2.05, 4.69) is 5.32 Å². The molecule has 1 saturated heterocycles. The van der Waals surface area contributed by atoms with Crippen molar-refractivity contribution >= 4 is 23.6 Å². The predicted molar refractivity (Wildman–Crippen MR) is 67.7 cm³/mol. The lowest BCUT2D eigenvalue weighted by molar-refractivity contribution is -0.138. The highest BCUT2D eigenvalue weighted by atomic mass is 16.2. The van der Waals surface area contributed by atoms with E-state index < -0.39 is 29.7 Å². The molecule has 0 spiro atoms. The van der Waals surface area contributed by atoms with Crippen molar-refractivity contribution < 1.29 is 19.2 Å². The van der Waals surface area contributed by atoms with E-state index >= 15 is 0 Å². The molecule has 6 heteroatoms. The first-order chi connectivity index (χ1) is 9.50. The number of piperidine rings is 1. The third-order valence-corrected chi connectivity index (χ3v) is 3.68. The predicted octanol–water partition coefficient (Wildman–Crippen LogP) is 0.334. The Balaban J connectivity index is 2.00. The molecule has 1 aromatic rings. The lowest BCUT2D eigenvalue weighted by Crippen LogP contribution is -2.58. The van der Waals surface area contributed by atoms with Crippen molar-refractivity contribution in [1.29, 1.82) is 0 Å². The van der Waals surface area contributed by atoms with E-state index in [9.17, 15) is 19.2 Å². The molecule has 0 aromatic heterocycles. The average molecular weight is 272 g/mol. The maximum atomic E-state index is 12.3.